The quantitative estimate of drug-likeness (QED) is 0.646. The van der Waals surface area contributed by atoms with Crippen molar-refractivity contribution in [2.75, 3.05) is 18.6 Å². The van der Waals surface area contributed by atoms with E-state index in [-0.39, 0.29) is 5.56 Å². The number of ether oxygens (including phenoxy) is 1. The molecule has 0 bridgehead atoms. The molecule has 0 amide bonds. The van der Waals surface area contributed by atoms with E-state index in [4.69, 9.17) is 4.74 Å². The van der Waals surface area contributed by atoms with Crippen LogP contribution >= 0.6 is 11.3 Å². The van der Waals surface area contributed by atoms with Crippen LogP contribution in [0.5, 0.6) is 5.88 Å². The monoisotopic (exact) mass is 386 g/mol. The molecule has 3 aromatic heterocycles. The van der Waals surface area contributed by atoms with E-state index in [1.54, 1.807) is 24.2 Å². The van der Waals surface area contributed by atoms with Crippen molar-refractivity contribution in [1.29, 1.82) is 0 Å². The van der Waals surface area contributed by atoms with E-state index in [1.807, 2.05) is 31.9 Å². The summed E-state index contributed by atoms with van der Waals surface area (Å²) >= 11 is 1.54. The second-order valence-electron chi connectivity index (χ2n) is 6.94. The highest BCUT2D eigenvalue weighted by molar-refractivity contribution is 7.15. The first-order valence-corrected chi connectivity index (χ1v) is 9.61. The molecule has 0 aromatic carbocycles. The lowest BCUT2D eigenvalue weighted by atomic mass is 10.2. The third-order valence-electron chi connectivity index (χ3n) is 4.76. The predicted molar refractivity (Wildman–Crippen MR) is 104 cm³/mol. The van der Waals surface area contributed by atoms with Gasteiger partial charge in [-0.3, -0.25) is 9.48 Å². The standard InChI is InChI=1S/C18H22N6O2S/c1-11-9-19-18(27-11)23(3)15-8-16(21-24(4)17(15)25)26-10-12-7-13(12)14-5-6-22(2)20-14/h5-6,8-9,12-13H,7,10H2,1-4H3/t12-,13+/m1/s1. The molecule has 3 aromatic rings. The third-order valence-corrected chi connectivity index (χ3v) is 5.75. The molecule has 1 aliphatic rings. The Morgan fingerprint density at radius 2 is 2.19 bits per heavy atom. The lowest BCUT2D eigenvalue weighted by Gasteiger charge is -2.16. The van der Waals surface area contributed by atoms with Crippen LogP contribution in [0.1, 0.15) is 22.9 Å². The molecule has 27 heavy (non-hydrogen) atoms. The molecule has 1 saturated carbocycles. The second kappa shape index (κ2) is 6.80. The summed E-state index contributed by atoms with van der Waals surface area (Å²) in [5.74, 6) is 1.32. The van der Waals surface area contributed by atoms with Crippen molar-refractivity contribution in [3.05, 3.63) is 45.5 Å². The Morgan fingerprint density at radius 3 is 2.85 bits per heavy atom. The summed E-state index contributed by atoms with van der Waals surface area (Å²) in [5.41, 5.74) is 1.42. The average molecular weight is 386 g/mol. The van der Waals surface area contributed by atoms with Gasteiger partial charge in [0.15, 0.2) is 5.13 Å². The molecular formula is C18H22N6O2S. The van der Waals surface area contributed by atoms with Gasteiger partial charge in [0.2, 0.25) is 5.88 Å². The van der Waals surface area contributed by atoms with Gasteiger partial charge in [-0.25, -0.2) is 9.67 Å². The van der Waals surface area contributed by atoms with Crippen LogP contribution < -0.4 is 15.2 Å². The first kappa shape index (κ1) is 17.7. The minimum Gasteiger partial charge on any atom is -0.476 e. The van der Waals surface area contributed by atoms with Crippen molar-refractivity contribution in [3.8, 4) is 5.88 Å². The summed E-state index contributed by atoms with van der Waals surface area (Å²) in [7, 11) is 5.39. The van der Waals surface area contributed by atoms with Crippen LogP contribution in [0.15, 0.2) is 29.3 Å². The summed E-state index contributed by atoms with van der Waals surface area (Å²) in [4.78, 5) is 19.7. The van der Waals surface area contributed by atoms with Crippen molar-refractivity contribution < 1.29 is 4.74 Å². The molecule has 0 aliphatic heterocycles. The van der Waals surface area contributed by atoms with Crippen LogP contribution in [-0.4, -0.2) is 38.2 Å². The van der Waals surface area contributed by atoms with Crippen LogP contribution in [0, 0.1) is 12.8 Å². The van der Waals surface area contributed by atoms with Crippen molar-refractivity contribution in [2.24, 2.45) is 20.0 Å². The molecule has 8 nitrogen and oxygen atoms in total. The summed E-state index contributed by atoms with van der Waals surface area (Å²) in [6, 6.07) is 3.75. The molecular weight excluding hydrogens is 364 g/mol. The van der Waals surface area contributed by atoms with Gasteiger partial charge in [0.1, 0.15) is 5.69 Å². The summed E-state index contributed by atoms with van der Waals surface area (Å²) in [5, 5.41) is 9.46. The fraction of sp³-hybridized carbons (Fsp3) is 0.444. The highest BCUT2D eigenvalue weighted by Crippen LogP contribution is 2.46. The Labute approximate surface area is 161 Å². The molecule has 0 unspecified atom stereocenters. The number of nitrogens with zero attached hydrogens (tertiary/aromatic N) is 6. The van der Waals surface area contributed by atoms with Crippen molar-refractivity contribution >= 4 is 22.2 Å². The number of hydrogen-bond acceptors (Lipinski definition) is 7. The van der Waals surface area contributed by atoms with Gasteiger partial charge >= 0.3 is 0 Å². The van der Waals surface area contributed by atoms with Crippen LogP contribution in [0.25, 0.3) is 0 Å². The molecule has 3 heterocycles. The SMILES string of the molecule is Cc1cnc(N(C)c2cc(OC[C@H]3C[C@@H]3c3ccn(C)n3)nn(C)c2=O)s1. The zero-order chi connectivity index (χ0) is 19.1. The Balaban J connectivity index is 1.47. The van der Waals surface area contributed by atoms with E-state index >= 15 is 0 Å². The molecule has 0 radical (unpaired) electrons. The normalized spacial score (nSPS) is 18.5. The maximum atomic E-state index is 12.5. The van der Waals surface area contributed by atoms with Crippen molar-refractivity contribution in [2.45, 2.75) is 19.3 Å². The van der Waals surface area contributed by atoms with Crippen LogP contribution in [0.3, 0.4) is 0 Å². The molecule has 9 heteroatoms. The first-order valence-electron chi connectivity index (χ1n) is 8.79. The Kier molecular flexibility index (Phi) is 4.47. The fourth-order valence-corrected chi connectivity index (χ4v) is 3.83. The number of thiazole rings is 1. The van der Waals surface area contributed by atoms with Crippen LogP contribution in [0.2, 0.25) is 0 Å². The zero-order valence-corrected chi connectivity index (χ0v) is 16.6. The van der Waals surface area contributed by atoms with E-state index < -0.39 is 0 Å². The maximum Gasteiger partial charge on any atom is 0.290 e. The van der Waals surface area contributed by atoms with E-state index in [0.717, 1.165) is 22.1 Å². The van der Waals surface area contributed by atoms with Gasteiger partial charge in [0.25, 0.3) is 5.56 Å². The van der Waals surface area contributed by atoms with Crippen molar-refractivity contribution in [3.63, 3.8) is 0 Å². The minimum atomic E-state index is -0.185. The molecule has 0 spiro atoms. The number of aromatic nitrogens is 5. The van der Waals surface area contributed by atoms with Gasteiger partial charge in [0.05, 0.1) is 12.3 Å². The minimum absolute atomic E-state index is 0.185. The molecule has 142 valence electrons. The number of anilines is 2. The van der Waals surface area contributed by atoms with Crippen LogP contribution in [0.4, 0.5) is 10.8 Å². The average Bonchev–Trinajstić information content (AvgIpc) is 3.06. The topological polar surface area (TPSA) is 78.1 Å². The molecule has 1 aliphatic carbocycles. The molecule has 2 atom stereocenters. The Morgan fingerprint density at radius 1 is 1.37 bits per heavy atom. The number of aryl methyl sites for hydroxylation is 3. The Bertz CT molecular complexity index is 1020. The number of rotatable bonds is 6. The van der Waals surface area contributed by atoms with Gasteiger partial charge in [0, 0.05) is 56.3 Å². The van der Waals surface area contributed by atoms with Crippen molar-refractivity contribution in [1.82, 2.24) is 24.5 Å². The number of hydrogen-bond donors (Lipinski definition) is 0. The molecule has 1 fully saturated rings. The van der Waals surface area contributed by atoms with E-state index in [1.165, 1.54) is 16.0 Å². The summed E-state index contributed by atoms with van der Waals surface area (Å²) in [6.45, 7) is 2.55. The zero-order valence-electron chi connectivity index (χ0n) is 15.8. The van der Waals surface area contributed by atoms with E-state index in [2.05, 4.69) is 21.2 Å². The molecule has 0 N–H and O–H groups in total. The maximum absolute atomic E-state index is 12.5. The lowest BCUT2D eigenvalue weighted by molar-refractivity contribution is 0.278. The highest BCUT2D eigenvalue weighted by Gasteiger charge is 2.40. The van der Waals surface area contributed by atoms with E-state index in [9.17, 15) is 4.79 Å². The lowest BCUT2D eigenvalue weighted by Crippen LogP contribution is -2.27. The second-order valence-corrected chi connectivity index (χ2v) is 8.15. The third kappa shape index (κ3) is 3.59. The van der Waals surface area contributed by atoms with Gasteiger partial charge < -0.3 is 9.64 Å². The summed E-state index contributed by atoms with van der Waals surface area (Å²) < 4.78 is 9.04. The van der Waals surface area contributed by atoms with Gasteiger partial charge in [-0.15, -0.1) is 16.4 Å². The predicted octanol–water partition coefficient (Wildman–Crippen LogP) is 2.23. The van der Waals surface area contributed by atoms with Gasteiger partial charge in [-0.05, 0) is 19.4 Å². The van der Waals surface area contributed by atoms with E-state index in [0.29, 0.717) is 30.0 Å². The largest absolute Gasteiger partial charge is 0.476 e. The van der Waals surface area contributed by atoms with Crippen LogP contribution in [-0.2, 0) is 14.1 Å². The smallest absolute Gasteiger partial charge is 0.290 e. The molecule has 4 rings (SSSR count). The van der Waals surface area contributed by atoms with Gasteiger partial charge in [-0.2, -0.15) is 5.10 Å². The first-order chi connectivity index (χ1) is 12.9. The Hall–Kier alpha value is -2.68. The fourth-order valence-electron chi connectivity index (χ4n) is 3.10. The summed E-state index contributed by atoms with van der Waals surface area (Å²) in [6.07, 6.45) is 4.82. The highest BCUT2D eigenvalue weighted by atomic mass is 32.1. The van der Waals surface area contributed by atoms with Gasteiger partial charge in [-0.1, -0.05) is 0 Å². The molecule has 0 saturated heterocycles.